The number of hydrogen-bond acceptors (Lipinski definition) is 3. The van der Waals surface area contributed by atoms with Gasteiger partial charge in [0.2, 0.25) is 11.8 Å². The standard InChI is InChI=1S/C29H36N2O2/c1-3-24-16-18-27(33-28-19-17-26(21-31-28)29(30)32)20-25(24)13-9-4-6-10-22(2)14-15-23-11-7-5-8-12-23/h5,7-8,11-12,16-22H,3-4,6,9-10,13-15H2,1-2H3,(H2,30,32). The maximum absolute atomic E-state index is 11.2. The number of aryl methyl sites for hydroxylation is 3. The van der Waals surface area contributed by atoms with Gasteiger partial charge in [-0.2, -0.15) is 0 Å². The van der Waals surface area contributed by atoms with E-state index in [2.05, 4.69) is 61.3 Å². The van der Waals surface area contributed by atoms with Gasteiger partial charge in [-0.1, -0.05) is 69.5 Å². The summed E-state index contributed by atoms with van der Waals surface area (Å²) in [5.74, 6) is 1.51. The normalized spacial score (nSPS) is 11.8. The second kappa shape index (κ2) is 12.8. The molecule has 174 valence electrons. The molecule has 4 nitrogen and oxygen atoms in total. The number of ether oxygens (including phenoxy) is 1. The average Bonchev–Trinajstić information content (AvgIpc) is 2.83. The van der Waals surface area contributed by atoms with E-state index in [-0.39, 0.29) is 0 Å². The fourth-order valence-electron chi connectivity index (χ4n) is 4.14. The summed E-state index contributed by atoms with van der Waals surface area (Å²) in [5, 5.41) is 0. The molecule has 0 saturated heterocycles. The minimum atomic E-state index is -0.491. The highest BCUT2D eigenvalue weighted by Crippen LogP contribution is 2.25. The van der Waals surface area contributed by atoms with Crippen molar-refractivity contribution in [3.63, 3.8) is 0 Å². The highest BCUT2D eigenvalue weighted by Gasteiger charge is 2.08. The highest BCUT2D eigenvalue weighted by molar-refractivity contribution is 5.92. The summed E-state index contributed by atoms with van der Waals surface area (Å²) in [5.41, 5.74) is 9.81. The Morgan fingerprint density at radius 1 is 0.939 bits per heavy atom. The van der Waals surface area contributed by atoms with Crippen LogP contribution in [0.15, 0.2) is 66.9 Å². The zero-order chi connectivity index (χ0) is 23.5. The SMILES string of the molecule is CCc1ccc(Oc2ccc(C(N)=O)cn2)cc1CCCCCC(C)CCc1ccccc1. The monoisotopic (exact) mass is 444 g/mol. The lowest BCUT2D eigenvalue weighted by Gasteiger charge is -2.13. The summed E-state index contributed by atoms with van der Waals surface area (Å²) in [6.45, 7) is 4.57. The van der Waals surface area contributed by atoms with E-state index in [4.69, 9.17) is 10.5 Å². The number of unbranched alkanes of at least 4 members (excludes halogenated alkanes) is 2. The van der Waals surface area contributed by atoms with E-state index in [1.54, 1.807) is 12.1 Å². The van der Waals surface area contributed by atoms with Crippen LogP contribution in [0, 0.1) is 5.92 Å². The van der Waals surface area contributed by atoms with Gasteiger partial charge in [0.25, 0.3) is 0 Å². The van der Waals surface area contributed by atoms with E-state index in [9.17, 15) is 4.79 Å². The van der Waals surface area contributed by atoms with Gasteiger partial charge in [0.05, 0.1) is 5.56 Å². The van der Waals surface area contributed by atoms with Crippen LogP contribution in [0.4, 0.5) is 0 Å². The fraction of sp³-hybridized carbons (Fsp3) is 0.379. The van der Waals surface area contributed by atoms with Gasteiger partial charge in [0, 0.05) is 12.3 Å². The van der Waals surface area contributed by atoms with Crippen LogP contribution in [0.5, 0.6) is 11.6 Å². The topological polar surface area (TPSA) is 65.2 Å². The maximum Gasteiger partial charge on any atom is 0.250 e. The number of hydrogen-bond donors (Lipinski definition) is 1. The van der Waals surface area contributed by atoms with Gasteiger partial charge in [-0.15, -0.1) is 0 Å². The average molecular weight is 445 g/mol. The third kappa shape index (κ3) is 8.05. The van der Waals surface area contributed by atoms with E-state index in [0.717, 1.165) is 24.5 Å². The largest absolute Gasteiger partial charge is 0.439 e. The van der Waals surface area contributed by atoms with Crippen LogP contribution in [-0.2, 0) is 19.3 Å². The Labute approximate surface area is 198 Å². The molecular formula is C29H36N2O2. The van der Waals surface area contributed by atoms with Gasteiger partial charge in [0.1, 0.15) is 5.75 Å². The highest BCUT2D eigenvalue weighted by atomic mass is 16.5. The number of pyridine rings is 1. The molecule has 0 fully saturated rings. The number of aromatic nitrogens is 1. The number of carbonyl (C=O) groups excluding carboxylic acids is 1. The predicted molar refractivity (Wildman–Crippen MR) is 135 cm³/mol. The first-order valence-electron chi connectivity index (χ1n) is 12.1. The Kier molecular flexibility index (Phi) is 9.49. The molecule has 1 unspecified atom stereocenters. The van der Waals surface area contributed by atoms with Crippen LogP contribution in [0.3, 0.4) is 0 Å². The molecule has 1 atom stereocenters. The molecule has 0 bridgehead atoms. The summed E-state index contributed by atoms with van der Waals surface area (Å²) in [6.07, 6.45) is 11.0. The van der Waals surface area contributed by atoms with Crippen molar-refractivity contribution in [3.8, 4) is 11.6 Å². The molecule has 0 aliphatic carbocycles. The first kappa shape index (κ1) is 24.5. The molecule has 3 rings (SSSR count). The van der Waals surface area contributed by atoms with E-state index in [1.165, 1.54) is 61.4 Å². The second-order valence-electron chi connectivity index (χ2n) is 8.86. The molecule has 0 saturated carbocycles. The molecule has 0 radical (unpaired) electrons. The predicted octanol–water partition coefficient (Wildman–Crippen LogP) is 6.91. The van der Waals surface area contributed by atoms with Gasteiger partial charge in [-0.3, -0.25) is 4.79 Å². The summed E-state index contributed by atoms with van der Waals surface area (Å²) < 4.78 is 5.91. The number of carbonyl (C=O) groups is 1. The first-order chi connectivity index (χ1) is 16.0. The van der Waals surface area contributed by atoms with Crippen LogP contribution in [-0.4, -0.2) is 10.9 Å². The number of primary amides is 1. The Balaban J connectivity index is 1.44. The quantitative estimate of drug-likeness (QED) is 0.291. The summed E-state index contributed by atoms with van der Waals surface area (Å²) in [6, 6.07) is 20.3. The van der Waals surface area contributed by atoms with Crippen molar-refractivity contribution in [1.29, 1.82) is 0 Å². The summed E-state index contributed by atoms with van der Waals surface area (Å²) in [7, 11) is 0. The lowest BCUT2D eigenvalue weighted by Crippen LogP contribution is -2.10. The molecule has 2 aromatic carbocycles. The van der Waals surface area contributed by atoms with Crippen LogP contribution >= 0.6 is 0 Å². The first-order valence-corrected chi connectivity index (χ1v) is 12.1. The number of nitrogens with zero attached hydrogens (tertiary/aromatic N) is 1. The molecule has 0 spiro atoms. The van der Waals surface area contributed by atoms with Gasteiger partial charge in [0.15, 0.2) is 0 Å². The summed E-state index contributed by atoms with van der Waals surface area (Å²) >= 11 is 0. The molecular weight excluding hydrogens is 408 g/mol. The Morgan fingerprint density at radius 3 is 2.45 bits per heavy atom. The zero-order valence-electron chi connectivity index (χ0n) is 19.9. The molecule has 33 heavy (non-hydrogen) atoms. The third-order valence-corrected chi connectivity index (χ3v) is 6.21. The molecule has 1 aromatic heterocycles. The van der Waals surface area contributed by atoms with Crippen molar-refractivity contribution in [2.45, 2.75) is 65.2 Å². The van der Waals surface area contributed by atoms with Crippen molar-refractivity contribution < 1.29 is 9.53 Å². The van der Waals surface area contributed by atoms with Crippen molar-refractivity contribution in [1.82, 2.24) is 4.98 Å². The van der Waals surface area contributed by atoms with Crippen LogP contribution in [0.1, 0.15) is 73.0 Å². The smallest absolute Gasteiger partial charge is 0.250 e. The Bertz CT molecular complexity index is 1000. The van der Waals surface area contributed by atoms with Crippen molar-refractivity contribution in [3.05, 3.63) is 89.1 Å². The van der Waals surface area contributed by atoms with Crippen LogP contribution in [0.25, 0.3) is 0 Å². The molecule has 3 aromatic rings. The van der Waals surface area contributed by atoms with Gasteiger partial charge in [-0.25, -0.2) is 4.98 Å². The lowest BCUT2D eigenvalue weighted by atomic mass is 9.94. The second-order valence-corrected chi connectivity index (χ2v) is 8.86. The van der Waals surface area contributed by atoms with E-state index in [1.807, 2.05) is 6.07 Å². The number of nitrogens with two attached hydrogens (primary N) is 1. The maximum atomic E-state index is 11.2. The van der Waals surface area contributed by atoms with Gasteiger partial charge in [-0.05, 0) is 72.9 Å². The Hall–Kier alpha value is -3.14. The van der Waals surface area contributed by atoms with E-state index in [0.29, 0.717) is 11.4 Å². The van der Waals surface area contributed by atoms with E-state index >= 15 is 0 Å². The molecule has 0 aliphatic rings. The summed E-state index contributed by atoms with van der Waals surface area (Å²) in [4.78, 5) is 15.4. The molecule has 1 heterocycles. The van der Waals surface area contributed by atoms with Crippen molar-refractivity contribution in [2.24, 2.45) is 11.7 Å². The number of amides is 1. The zero-order valence-corrected chi connectivity index (χ0v) is 19.9. The number of benzene rings is 2. The van der Waals surface area contributed by atoms with Crippen LogP contribution < -0.4 is 10.5 Å². The van der Waals surface area contributed by atoms with Crippen LogP contribution in [0.2, 0.25) is 0 Å². The fourth-order valence-corrected chi connectivity index (χ4v) is 4.14. The van der Waals surface area contributed by atoms with Crippen molar-refractivity contribution >= 4 is 5.91 Å². The molecule has 0 aliphatic heterocycles. The minimum Gasteiger partial charge on any atom is -0.439 e. The number of rotatable bonds is 13. The Morgan fingerprint density at radius 2 is 1.76 bits per heavy atom. The molecule has 2 N–H and O–H groups in total. The molecule has 4 heteroatoms. The van der Waals surface area contributed by atoms with E-state index < -0.39 is 5.91 Å². The van der Waals surface area contributed by atoms with Gasteiger partial charge < -0.3 is 10.5 Å². The van der Waals surface area contributed by atoms with Crippen molar-refractivity contribution in [2.75, 3.05) is 0 Å². The van der Waals surface area contributed by atoms with Gasteiger partial charge >= 0.3 is 0 Å². The molecule has 1 amide bonds. The lowest BCUT2D eigenvalue weighted by molar-refractivity contribution is 0.1000. The minimum absolute atomic E-state index is 0.374. The third-order valence-electron chi connectivity index (χ3n) is 6.21.